The zero-order valence-electron chi connectivity index (χ0n) is 12.0. The number of halogens is 1. The van der Waals surface area contributed by atoms with E-state index in [4.69, 9.17) is 11.6 Å². The van der Waals surface area contributed by atoms with E-state index in [1.54, 1.807) is 30.1 Å². The Bertz CT molecular complexity index is 615. The first-order chi connectivity index (χ1) is 10.1. The van der Waals surface area contributed by atoms with Crippen molar-refractivity contribution in [1.29, 1.82) is 0 Å². The van der Waals surface area contributed by atoms with Gasteiger partial charge in [-0.1, -0.05) is 23.7 Å². The lowest BCUT2D eigenvalue weighted by atomic mass is 10.2. The molecule has 2 rings (SSSR count). The van der Waals surface area contributed by atoms with Crippen LogP contribution >= 0.6 is 11.6 Å². The summed E-state index contributed by atoms with van der Waals surface area (Å²) in [5.41, 5.74) is 1.29. The highest BCUT2D eigenvalue weighted by molar-refractivity contribution is 6.30. The van der Waals surface area contributed by atoms with E-state index in [0.717, 1.165) is 12.1 Å². The molecule has 6 heteroatoms. The third-order valence-corrected chi connectivity index (χ3v) is 3.13. The molecule has 0 spiro atoms. The monoisotopic (exact) mass is 304 g/mol. The van der Waals surface area contributed by atoms with Crippen LogP contribution in [-0.4, -0.2) is 34.6 Å². The Morgan fingerprint density at radius 3 is 2.71 bits per heavy atom. The first-order valence-corrected chi connectivity index (χ1v) is 7.05. The number of hydrogen-bond donors (Lipinski definition) is 1. The highest BCUT2D eigenvalue weighted by Gasteiger charge is 2.14. The molecule has 0 aliphatic rings. The Labute approximate surface area is 128 Å². The predicted octanol–water partition coefficient (Wildman–Crippen LogP) is 2.83. The van der Waals surface area contributed by atoms with Crippen molar-refractivity contribution in [3.05, 3.63) is 52.7 Å². The molecule has 1 heterocycles. The molecule has 21 heavy (non-hydrogen) atoms. The number of hydrogen-bond acceptors (Lipinski definition) is 4. The first kappa shape index (κ1) is 15.3. The Balaban J connectivity index is 2.04. The SMILES string of the molecule is CCNc1ccc(C(=O)N(C)Cc2cccc(Cl)c2)nn1. The van der Waals surface area contributed by atoms with Gasteiger partial charge in [-0.3, -0.25) is 4.79 Å². The van der Waals surface area contributed by atoms with Gasteiger partial charge in [0, 0.05) is 25.2 Å². The molecule has 0 saturated carbocycles. The molecule has 0 unspecified atom stereocenters. The summed E-state index contributed by atoms with van der Waals surface area (Å²) in [7, 11) is 1.73. The fourth-order valence-corrected chi connectivity index (χ4v) is 2.11. The molecule has 1 aromatic carbocycles. The van der Waals surface area contributed by atoms with Gasteiger partial charge < -0.3 is 10.2 Å². The third kappa shape index (κ3) is 4.16. The minimum Gasteiger partial charge on any atom is -0.369 e. The lowest BCUT2D eigenvalue weighted by Gasteiger charge is -2.16. The number of rotatable bonds is 5. The van der Waals surface area contributed by atoms with Crippen molar-refractivity contribution in [1.82, 2.24) is 15.1 Å². The van der Waals surface area contributed by atoms with Crippen molar-refractivity contribution in [3.63, 3.8) is 0 Å². The molecule has 5 nitrogen and oxygen atoms in total. The maximum absolute atomic E-state index is 12.3. The summed E-state index contributed by atoms with van der Waals surface area (Å²) in [6.45, 7) is 3.20. The normalized spacial score (nSPS) is 10.2. The maximum atomic E-state index is 12.3. The summed E-state index contributed by atoms with van der Waals surface area (Å²) < 4.78 is 0. The van der Waals surface area contributed by atoms with E-state index >= 15 is 0 Å². The van der Waals surface area contributed by atoms with E-state index in [-0.39, 0.29) is 5.91 Å². The number of nitrogens with zero attached hydrogens (tertiary/aromatic N) is 3. The zero-order valence-corrected chi connectivity index (χ0v) is 12.8. The van der Waals surface area contributed by atoms with Gasteiger partial charge in [-0.25, -0.2) is 0 Å². The first-order valence-electron chi connectivity index (χ1n) is 6.67. The number of anilines is 1. The van der Waals surface area contributed by atoms with Crippen molar-refractivity contribution in [2.45, 2.75) is 13.5 Å². The standard InChI is InChI=1S/C15H17ClN4O/c1-3-17-14-8-7-13(18-19-14)15(21)20(2)10-11-5-4-6-12(16)9-11/h4-9H,3,10H2,1-2H3,(H,17,19). The highest BCUT2D eigenvalue weighted by Crippen LogP contribution is 2.13. The Hall–Kier alpha value is -2.14. The summed E-state index contributed by atoms with van der Waals surface area (Å²) in [5, 5.41) is 11.6. The van der Waals surface area contributed by atoms with Gasteiger partial charge >= 0.3 is 0 Å². The second-order valence-electron chi connectivity index (χ2n) is 4.63. The van der Waals surface area contributed by atoms with E-state index in [9.17, 15) is 4.79 Å². The van der Waals surface area contributed by atoms with Gasteiger partial charge in [-0.05, 0) is 36.8 Å². The number of amides is 1. The summed E-state index contributed by atoms with van der Waals surface area (Å²) in [4.78, 5) is 13.9. The van der Waals surface area contributed by atoms with Crippen LogP contribution in [0.5, 0.6) is 0 Å². The van der Waals surface area contributed by atoms with Crippen molar-refractivity contribution in [3.8, 4) is 0 Å². The molecular formula is C15H17ClN4O. The summed E-state index contributed by atoms with van der Waals surface area (Å²) in [5.74, 6) is 0.483. The van der Waals surface area contributed by atoms with Gasteiger partial charge in [0.25, 0.3) is 5.91 Å². The number of carbonyl (C=O) groups excluding carboxylic acids is 1. The van der Waals surface area contributed by atoms with Crippen LogP contribution in [0.15, 0.2) is 36.4 Å². The molecule has 0 fully saturated rings. The maximum Gasteiger partial charge on any atom is 0.274 e. The molecule has 0 radical (unpaired) electrons. The fraction of sp³-hybridized carbons (Fsp3) is 0.267. The van der Waals surface area contributed by atoms with Gasteiger partial charge in [0.2, 0.25) is 0 Å². The van der Waals surface area contributed by atoms with Crippen LogP contribution in [0, 0.1) is 0 Å². The molecule has 0 aliphatic heterocycles. The van der Waals surface area contributed by atoms with Crippen LogP contribution in [0.4, 0.5) is 5.82 Å². The van der Waals surface area contributed by atoms with Crippen LogP contribution < -0.4 is 5.32 Å². The Morgan fingerprint density at radius 2 is 2.10 bits per heavy atom. The molecular weight excluding hydrogens is 288 g/mol. The quantitative estimate of drug-likeness (QED) is 0.923. The van der Waals surface area contributed by atoms with E-state index in [1.807, 2.05) is 25.1 Å². The lowest BCUT2D eigenvalue weighted by molar-refractivity contribution is 0.0778. The number of carbonyl (C=O) groups is 1. The summed E-state index contributed by atoms with van der Waals surface area (Å²) in [6, 6.07) is 10.8. The van der Waals surface area contributed by atoms with E-state index in [1.165, 1.54) is 0 Å². The molecule has 1 amide bonds. The third-order valence-electron chi connectivity index (χ3n) is 2.90. The van der Waals surface area contributed by atoms with E-state index < -0.39 is 0 Å². The van der Waals surface area contributed by atoms with Crippen molar-refractivity contribution < 1.29 is 4.79 Å². The van der Waals surface area contributed by atoms with Gasteiger partial charge in [-0.15, -0.1) is 10.2 Å². The van der Waals surface area contributed by atoms with Gasteiger partial charge in [0.15, 0.2) is 5.69 Å². The van der Waals surface area contributed by atoms with Gasteiger partial charge in [-0.2, -0.15) is 0 Å². The number of aromatic nitrogens is 2. The lowest BCUT2D eigenvalue weighted by Crippen LogP contribution is -2.27. The summed E-state index contributed by atoms with van der Waals surface area (Å²) in [6.07, 6.45) is 0. The molecule has 1 aromatic heterocycles. The summed E-state index contributed by atoms with van der Waals surface area (Å²) >= 11 is 5.94. The van der Waals surface area contributed by atoms with Crippen molar-refractivity contribution >= 4 is 23.3 Å². The molecule has 1 N–H and O–H groups in total. The van der Waals surface area contributed by atoms with Crippen LogP contribution in [-0.2, 0) is 6.54 Å². The topological polar surface area (TPSA) is 58.1 Å². The minimum absolute atomic E-state index is 0.175. The Morgan fingerprint density at radius 1 is 1.29 bits per heavy atom. The van der Waals surface area contributed by atoms with E-state index in [2.05, 4.69) is 15.5 Å². The number of nitrogens with one attached hydrogen (secondary N) is 1. The van der Waals surface area contributed by atoms with Gasteiger partial charge in [0.05, 0.1) is 0 Å². The smallest absolute Gasteiger partial charge is 0.274 e. The molecule has 0 bridgehead atoms. The predicted molar refractivity (Wildman–Crippen MR) is 83.4 cm³/mol. The average Bonchev–Trinajstić information content (AvgIpc) is 2.47. The molecule has 0 atom stereocenters. The fourth-order valence-electron chi connectivity index (χ4n) is 1.90. The molecule has 2 aromatic rings. The van der Waals surface area contributed by atoms with Crippen LogP contribution in [0.25, 0.3) is 0 Å². The highest BCUT2D eigenvalue weighted by atomic mass is 35.5. The minimum atomic E-state index is -0.175. The van der Waals surface area contributed by atoms with Crippen LogP contribution in [0.1, 0.15) is 23.0 Å². The Kier molecular flexibility index (Phi) is 5.11. The zero-order chi connectivity index (χ0) is 15.2. The second-order valence-corrected chi connectivity index (χ2v) is 5.06. The number of benzene rings is 1. The van der Waals surface area contributed by atoms with Crippen molar-refractivity contribution in [2.75, 3.05) is 18.9 Å². The molecule has 0 saturated heterocycles. The van der Waals surface area contributed by atoms with Crippen molar-refractivity contribution in [2.24, 2.45) is 0 Å². The second kappa shape index (κ2) is 7.04. The molecule has 0 aliphatic carbocycles. The van der Waals surface area contributed by atoms with Crippen LogP contribution in [0.2, 0.25) is 5.02 Å². The van der Waals surface area contributed by atoms with Crippen LogP contribution in [0.3, 0.4) is 0 Å². The average molecular weight is 305 g/mol. The van der Waals surface area contributed by atoms with Gasteiger partial charge in [0.1, 0.15) is 5.82 Å². The van der Waals surface area contributed by atoms with E-state index in [0.29, 0.717) is 23.1 Å². The molecule has 110 valence electrons. The largest absolute Gasteiger partial charge is 0.369 e.